The quantitative estimate of drug-likeness (QED) is 0.903. The van der Waals surface area contributed by atoms with Gasteiger partial charge in [0.05, 0.1) is 11.7 Å². The molecule has 0 aromatic heterocycles. The number of aliphatic hydroxyl groups is 2. The SMILES string of the molecule is CC(O)(CC1CCc2ccccc2C1O)c1ccccc1. The second-order valence-electron chi connectivity index (χ2n) is 6.29. The Morgan fingerprint density at radius 2 is 1.71 bits per heavy atom. The smallest absolute Gasteiger partial charge is 0.0872 e. The average molecular weight is 282 g/mol. The minimum absolute atomic E-state index is 0.0927. The first-order valence-electron chi connectivity index (χ1n) is 7.62. The van der Waals surface area contributed by atoms with Gasteiger partial charge in [-0.1, -0.05) is 54.6 Å². The number of aryl methyl sites for hydroxylation is 1. The highest BCUT2D eigenvalue weighted by Crippen LogP contribution is 2.40. The van der Waals surface area contributed by atoms with Gasteiger partial charge in [-0.25, -0.2) is 0 Å². The third-order valence-electron chi connectivity index (χ3n) is 4.66. The summed E-state index contributed by atoms with van der Waals surface area (Å²) < 4.78 is 0. The fourth-order valence-electron chi connectivity index (χ4n) is 3.44. The van der Waals surface area contributed by atoms with Gasteiger partial charge in [-0.05, 0) is 48.8 Å². The van der Waals surface area contributed by atoms with Crippen LogP contribution in [0.2, 0.25) is 0 Å². The summed E-state index contributed by atoms with van der Waals surface area (Å²) in [6, 6.07) is 17.8. The van der Waals surface area contributed by atoms with Crippen LogP contribution >= 0.6 is 0 Å². The molecule has 0 aliphatic heterocycles. The van der Waals surface area contributed by atoms with Crippen molar-refractivity contribution in [3.8, 4) is 0 Å². The molecule has 0 saturated heterocycles. The summed E-state index contributed by atoms with van der Waals surface area (Å²) in [5.41, 5.74) is 2.27. The highest BCUT2D eigenvalue weighted by molar-refractivity contribution is 5.32. The maximum Gasteiger partial charge on any atom is 0.0872 e. The Balaban J connectivity index is 1.80. The molecule has 1 aliphatic rings. The van der Waals surface area contributed by atoms with Gasteiger partial charge in [-0.15, -0.1) is 0 Å². The first-order valence-corrected chi connectivity index (χ1v) is 7.62. The van der Waals surface area contributed by atoms with Gasteiger partial charge in [0.2, 0.25) is 0 Å². The van der Waals surface area contributed by atoms with Crippen LogP contribution in [0.5, 0.6) is 0 Å². The van der Waals surface area contributed by atoms with Crippen LogP contribution in [0.3, 0.4) is 0 Å². The lowest BCUT2D eigenvalue weighted by Gasteiger charge is -2.35. The summed E-state index contributed by atoms with van der Waals surface area (Å²) in [7, 11) is 0. The molecule has 2 aromatic rings. The normalized spacial score (nSPS) is 24.1. The van der Waals surface area contributed by atoms with E-state index < -0.39 is 11.7 Å². The molecule has 2 nitrogen and oxygen atoms in total. The minimum atomic E-state index is -0.904. The van der Waals surface area contributed by atoms with Gasteiger partial charge in [0, 0.05) is 0 Å². The Bertz CT molecular complexity index is 604. The Morgan fingerprint density at radius 1 is 1.05 bits per heavy atom. The number of aliphatic hydroxyl groups excluding tert-OH is 1. The van der Waals surface area contributed by atoms with Gasteiger partial charge in [-0.2, -0.15) is 0 Å². The summed E-state index contributed by atoms with van der Waals surface area (Å²) in [5.74, 6) is 0.0927. The van der Waals surface area contributed by atoms with Crippen LogP contribution in [0.25, 0.3) is 0 Å². The first kappa shape index (κ1) is 14.3. The minimum Gasteiger partial charge on any atom is -0.388 e. The molecule has 2 aromatic carbocycles. The van der Waals surface area contributed by atoms with E-state index in [9.17, 15) is 10.2 Å². The molecule has 0 spiro atoms. The van der Waals surface area contributed by atoms with Crippen molar-refractivity contribution in [3.05, 3.63) is 71.3 Å². The van der Waals surface area contributed by atoms with Crippen molar-refractivity contribution in [2.75, 3.05) is 0 Å². The molecule has 1 aliphatic carbocycles. The predicted molar refractivity (Wildman–Crippen MR) is 83.8 cm³/mol. The van der Waals surface area contributed by atoms with Crippen molar-refractivity contribution >= 4 is 0 Å². The number of hydrogen-bond acceptors (Lipinski definition) is 2. The molecular formula is C19H22O2. The van der Waals surface area contributed by atoms with E-state index in [0.717, 1.165) is 24.0 Å². The van der Waals surface area contributed by atoms with E-state index in [1.165, 1.54) is 5.56 Å². The third-order valence-corrected chi connectivity index (χ3v) is 4.66. The van der Waals surface area contributed by atoms with Crippen LogP contribution in [-0.2, 0) is 12.0 Å². The van der Waals surface area contributed by atoms with Crippen LogP contribution < -0.4 is 0 Å². The molecule has 2 N–H and O–H groups in total. The topological polar surface area (TPSA) is 40.5 Å². The Hall–Kier alpha value is -1.64. The molecule has 3 unspecified atom stereocenters. The Labute approximate surface area is 126 Å². The lowest BCUT2D eigenvalue weighted by atomic mass is 9.75. The standard InChI is InChI=1S/C19H22O2/c1-19(21,16-8-3-2-4-9-16)13-15-12-11-14-7-5-6-10-17(14)18(15)20/h2-10,15,18,20-21H,11-13H2,1H3. The van der Waals surface area contributed by atoms with E-state index >= 15 is 0 Å². The third kappa shape index (κ3) is 2.87. The molecule has 2 heteroatoms. The van der Waals surface area contributed by atoms with Gasteiger partial charge in [-0.3, -0.25) is 0 Å². The maximum atomic E-state index is 10.8. The largest absolute Gasteiger partial charge is 0.388 e. The summed E-state index contributed by atoms with van der Waals surface area (Å²) in [4.78, 5) is 0. The molecule has 110 valence electrons. The van der Waals surface area contributed by atoms with E-state index in [4.69, 9.17) is 0 Å². The van der Waals surface area contributed by atoms with Crippen LogP contribution in [0, 0.1) is 5.92 Å². The summed E-state index contributed by atoms with van der Waals surface area (Å²) in [6.45, 7) is 1.84. The summed E-state index contributed by atoms with van der Waals surface area (Å²) >= 11 is 0. The Kier molecular flexibility index (Phi) is 3.83. The average Bonchev–Trinajstić information content (AvgIpc) is 2.51. The molecule has 0 amide bonds. The van der Waals surface area contributed by atoms with Gasteiger partial charge in [0.25, 0.3) is 0 Å². The van der Waals surface area contributed by atoms with E-state index in [-0.39, 0.29) is 5.92 Å². The highest BCUT2D eigenvalue weighted by Gasteiger charge is 2.34. The van der Waals surface area contributed by atoms with Gasteiger partial charge in [0.15, 0.2) is 0 Å². The molecule has 3 rings (SSSR count). The maximum absolute atomic E-state index is 10.8. The lowest BCUT2D eigenvalue weighted by molar-refractivity contribution is -0.00948. The fraction of sp³-hybridized carbons (Fsp3) is 0.368. The van der Waals surface area contributed by atoms with Gasteiger partial charge >= 0.3 is 0 Å². The number of hydrogen-bond donors (Lipinski definition) is 2. The zero-order chi connectivity index (χ0) is 14.9. The zero-order valence-corrected chi connectivity index (χ0v) is 12.4. The molecule has 0 saturated carbocycles. The summed E-state index contributed by atoms with van der Waals surface area (Å²) in [6.07, 6.45) is 1.99. The van der Waals surface area contributed by atoms with Crippen molar-refractivity contribution in [3.63, 3.8) is 0 Å². The lowest BCUT2D eigenvalue weighted by Crippen LogP contribution is -2.30. The molecular weight excluding hydrogens is 260 g/mol. The molecule has 21 heavy (non-hydrogen) atoms. The number of benzene rings is 2. The van der Waals surface area contributed by atoms with Crippen LogP contribution in [0.1, 0.15) is 42.6 Å². The predicted octanol–water partition coefficient (Wildman–Crippen LogP) is 3.58. The second kappa shape index (κ2) is 5.63. The fourth-order valence-corrected chi connectivity index (χ4v) is 3.44. The van der Waals surface area contributed by atoms with Crippen LogP contribution in [0.15, 0.2) is 54.6 Å². The number of fused-ring (bicyclic) bond motifs is 1. The molecule has 0 bridgehead atoms. The monoisotopic (exact) mass is 282 g/mol. The number of rotatable bonds is 3. The van der Waals surface area contributed by atoms with Crippen molar-refractivity contribution in [1.82, 2.24) is 0 Å². The first-order chi connectivity index (χ1) is 10.1. The molecule has 0 radical (unpaired) electrons. The second-order valence-corrected chi connectivity index (χ2v) is 6.29. The van der Waals surface area contributed by atoms with Gasteiger partial charge < -0.3 is 10.2 Å². The Morgan fingerprint density at radius 3 is 2.48 bits per heavy atom. The van der Waals surface area contributed by atoms with Crippen molar-refractivity contribution < 1.29 is 10.2 Å². The summed E-state index contributed by atoms with van der Waals surface area (Å²) in [5, 5.41) is 21.4. The van der Waals surface area contributed by atoms with E-state index in [1.807, 2.05) is 55.5 Å². The van der Waals surface area contributed by atoms with Crippen molar-refractivity contribution in [2.45, 2.75) is 37.9 Å². The van der Waals surface area contributed by atoms with E-state index in [2.05, 4.69) is 6.07 Å². The van der Waals surface area contributed by atoms with Crippen molar-refractivity contribution in [2.24, 2.45) is 5.92 Å². The van der Waals surface area contributed by atoms with E-state index in [1.54, 1.807) is 0 Å². The molecule has 3 atom stereocenters. The van der Waals surface area contributed by atoms with Crippen LogP contribution in [-0.4, -0.2) is 10.2 Å². The highest BCUT2D eigenvalue weighted by atomic mass is 16.3. The van der Waals surface area contributed by atoms with Crippen molar-refractivity contribution in [1.29, 1.82) is 0 Å². The van der Waals surface area contributed by atoms with E-state index in [0.29, 0.717) is 6.42 Å². The van der Waals surface area contributed by atoms with Gasteiger partial charge in [0.1, 0.15) is 0 Å². The van der Waals surface area contributed by atoms with Crippen LogP contribution in [0.4, 0.5) is 0 Å². The molecule has 0 fully saturated rings. The molecule has 0 heterocycles. The zero-order valence-electron chi connectivity index (χ0n) is 12.4.